The average Bonchev–Trinajstić information content (AvgIpc) is 2.20. The molecule has 21 heavy (non-hydrogen) atoms. The van der Waals surface area contributed by atoms with Gasteiger partial charge in [0.15, 0.2) is 8.24 Å². The van der Waals surface area contributed by atoms with Gasteiger partial charge in [0.2, 0.25) is 0 Å². The summed E-state index contributed by atoms with van der Waals surface area (Å²) in [6, 6.07) is 0.447. The molecule has 0 aliphatic rings. The summed E-state index contributed by atoms with van der Waals surface area (Å²) < 4.78 is 0. The second-order valence-electron chi connectivity index (χ2n) is 8.55. The third-order valence-corrected chi connectivity index (χ3v) is 12.3. The number of hydrogen-bond donors (Lipinski definition) is 2. The van der Waals surface area contributed by atoms with Crippen LogP contribution in [0.5, 0.6) is 0 Å². The first-order valence-corrected chi connectivity index (χ1v) is 14.3. The first kappa shape index (κ1) is 20.9. The Morgan fingerprint density at radius 2 is 1.19 bits per heavy atom. The molecule has 1 atom stereocenters. The molecule has 0 radical (unpaired) electrons. The van der Waals surface area contributed by atoms with Crippen molar-refractivity contribution in [3.63, 3.8) is 0 Å². The van der Waals surface area contributed by atoms with Crippen LogP contribution >= 0.6 is 0 Å². The lowest BCUT2D eigenvalue weighted by atomic mass is 10.3. The molecule has 4 heteroatoms. The molecular weight excluding hydrogens is 288 g/mol. The maximum Gasteiger partial charge on any atom is 0.160 e. The normalized spacial score (nSPS) is 16.0. The highest BCUT2D eigenvalue weighted by molar-refractivity contribution is 6.81. The maximum absolute atomic E-state index is 4.02. The number of rotatable bonds is 8. The first-order valence-electron chi connectivity index (χ1n) is 8.57. The van der Waals surface area contributed by atoms with Gasteiger partial charge in [-0.25, -0.2) is 0 Å². The van der Waals surface area contributed by atoms with Gasteiger partial charge in [-0.15, -0.1) is 0 Å². The van der Waals surface area contributed by atoms with Crippen molar-refractivity contribution in [1.82, 2.24) is 9.96 Å². The number of allylic oxidation sites excluding steroid dienone is 1. The van der Waals surface area contributed by atoms with E-state index >= 15 is 0 Å². The largest absolute Gasteiger partial charge is 0.413 e. The van der Waals surface area contributed by atoms with Crippen molar-refractivity contribution in [1.29, 1.82) is 0 Å². The van der Waals surface area contributed by atoms with E-state index in [9.17, 15) is 0 Å². The van der Waals surface area contributed by atoms with Crippen molar-refractivity contribution < 1.29 is 0 Å². The van der Waals surface area contributed by atoms with Gasteiger partial charge in [0.25, 0.3) is 0 Å². The Labute approximate surface area is 136 Å². The van der Waals surface area contributed by atoms with Crippen molar-refractivity contribution in [3.8, 4) is 0 Å². The molecule has 0 aliphatic heterocycles. The third-order valence-electron chi connectivity index (χ3n) is 4.44. The Bertz CT molecular complexity index is 319. The maximum atomic E-state index is 4.02. The van der Waals surface area contributed by atoms with Gasteiger partial charge in [-0.05, 0) is 36.2 Å². The smallest absolute Gasteiger partial charge is 0.160 e. The van der Waals surface area contributed by atoms with E-state index in [0.717, 1.165) is 16.6 Å². The molecule has 0 amide bonds. The van der Waals surface area contributed by atoms with Crippen molar-refractivity contribution >= 4 is 16.5 Å². The summed E-state index contributed by atoms with van der Waals surface area (Å²) in [6.07, 6.45) is 2.38. The van der Waals surface area contributed by atoms with Crippen LogP contribution in [0.4, 0.5) is 0 Å². The summed E-state index contributed by atoms with van der Waals surface area (Å²) in [6.45, 7) is 26.0. The Hall–Kier alpha value is -0.0662. The lowest BCUT2D eigenvalue weighted by Crippen LogP contribution is -2.57. The highest BCUT2D eigenvalue weighted by atomic mass is 28.3. The molecule has 0 bridgehead atoms. The van der Waals surface area contributed by atoms with Crippen LogP contribution in [0.25, 0.3) is 0 Å². The fourth-order valence-corrected chi connectivity index (χ4v) is 11.0. The van der Waals surface area contributed by atoms with E-state index in [1.54, 1.807) is 0 Å². The van der Waals surface area contributed by atoms with Gasteiger partial charge in [-0.1, -0.05) is 67.3 Å². The predicted octanol–water partition coefficient (Wildman–Crippen LogP) is 5.47. The van der Waals surface area contributed by atoms with Gasteiger partial charge in [0, 0.05) is 6.04 Å². The summed E-state index contributed by atoms with van der Waals surface area (Å²) in [7, 11) is -2.77. The Balaban J connectivity index is 5.18. The lowest BCUT2D eigenvalue weighted by Gasteiger charge is -2.44. The molecule has 0 heterocycles. The number of nitrogens with one attached hydrogen (secondary N) is 2. The Kier molecular flexibility index (Phi) is 7.95. The third kappa shape index (κ3) is 6.29. The molecule has 0 fully saturated rings. The first-order chi connectivity index (χ1) is 9.32. The summed E-state index contributed by atoms with van der Waals surface area (Å²) in [4.78, 5) is 7.78. The highest BCUT2D eigenvalue weighted by Gasteiger charge is 2.43. The predicted molar refractivity (Wildman–Crippen MR) is 104 cm³/mol. The van der Waals surface area contributed by atoms with Gasteiger partial charge in [-0.2, -0.15) is 0 Å². The zero-order valence-electron chi connectivity index (χ0n) is 16.4. The molecule has 1 unspecified atom stereocenters. The van der Waals surface area contributed by atoms with Crippen LogP contribution < -0.4 is 9.96 Å². The van der Waals surface area contributed by atoms with Crippen LogP contribution in [-0.2, 0) is 0 Å². The second kappa shape index (κ2) is 7.98. The zero-order valence-corrected chi connectivity index (χ0v) is 18.4. The molecule has 0 aromatic carbocycles. The van der Waals surface area contributed by atoms with E-state index in [-0.39, 0.29) is 0 Å². The molecule has 0 saturated heterocycles. The van der Waals surface area contributed by atoms with E-state index in [1.165, 1.54) is 5.70 Å². The van der Waals surface area contributed by atoms with Gasteiger partial charge in [0.1, 0.15) is 8.24 Å². The molecule has 0 saturated carbocycles. The van der Waals surface area contributed by atoms with Crippen molar-refractivity contribution in [2.75, 3.05) is 0 Å². The van der Waals surface area contributed by atoms with Crippen LogP contribution in [0.3, 0.4) is 0 Å². The van der Waals surface area contributed by atoms with Gasteiger partial charge in [-0.3, -0.25) is 0 Å². The number of hydrogen-bond acceptors (Lipinski definition) is 2. The summed E-state index contributed by atoms with van der Waals surface area (Å²) in [5.74, 6) is 0. The van der Waals surface area contributed by atoms with Crippen LogP contribution in [0, 0.1) is 0 Å². The standard InChI is InChI=1S/C17H40N2Si2/c1-13(2)21(14(3)4,15(5)6)19-17(8)12-16(7)18-20(9,10)11/h12-16,18-19H,1-11H3. The summed E-state index contributed by atoms with van der Waals surface area (Å²) in [5, 5.41) is 0. The van der Waals surface area contributed by atoms with Crippen LogP contribution in [0.2, 0.25) is 36.3 Å². The Morgan fingerprint density at radius 1 is 0.810 bits per heavy atom. The Morgan fingerprint density at radius 3 is 1.48 bits per heavy atom. The SMILES string of the molecule is CC(=CC(C)N[Si](C)(C)C)N[Si](C(C)C)(C(C)C)C(C)C. The summed E-state index contributed by atoms with van der Waals surface area (Å²) >= 11 is 0. The molecule has 2 N–H and O–H groups in total. The van der Waals surface area contributed by atoms with E-state index in [4.69, 9.17) is 0 Å². The van der Waals surface area contributed by atoms with Crippen LogP contribution in [-0.4, -0.2) is 22.5 Å². The molecule has 0 aromatic rings. The molecule has 0 spiro atoms. The van der Waals surface area contributed by atoms with Crippen LogP contribution in [0.15, 0.2) is 11.8 Å². The fourth-order valence-electron chi connectivity index (χ4n) is 3.92. The quantitative estimate of drug-likeness (QED) is 0.577. The van der Waals surface area contributed by atoms with E-state index < -0.39 is 16.5 Å². The average molecular weight is 329 g/mol. The minimum atomic E-state index is -1.55. The van der Waals surface area contributed by atoms with E-state index in [1.807, 2.05) is 0 Å². The molecule has 0 rings (SSSR count). The molecule has 0 aromatic heterocycles. The fraction of sp³-hybridized carbons (Fsp3) is 0.882. The van der Waals surface area contributed by atoms with Crippen LogP contribution in [0.1, 0.15) is 55.4 Å². The highest BCUT2D eigenvalue weighted by Crippen LogP contribution is 2.39. The van der Waals surface area contributed by atoms with Gasteiger partial charge < -0.3 is 9.96 Å². The zero-order chi connectivity index (χ0) is 17.0. The molecule has 126 valence electrons. The minimum Gasteiger partial charge on any atom is -0.413 e. The molecule has 0 aliphatic carbocycles. The topological polar surface area (TPSA) is 24.1 Å². The minimum absolute atomic E-state index is 0.447. The molecular formula is C17H40N2Si2. The van der Waals surface area contributed by atoms with Crippen molar-refractivity contribution in [3.05, 3.63) is 11.8 Å². The van der Waals surface area contributed by atoms with Gasteiger partial charge >= 0.3 is 0 Å². The summed E-state index contributed by atoms with van der Waals surface area (Å²) in [5.41, 5.74) is 3.57. The van der Waals surface area contributed by atoms with Gasteiger partial charge in [0.05, 0.1) is 0 Å². The monoisotopic (exact) mass is 328 g/mol. The van der Waals surface area contributed by atoms with Crippen molar-refractivity contribution in [2.45, 2.75) is 97.7 Å². The second-order valence-corrected chi connectivity index (χ2v) is 18.9. The van der Waals surface area contributed by atoms with E-state index in [2.05, 4.69) is 91.1 Å². The van der Waals surface area contributed by atoms with Crippen molar-refractivity contribution in [2.24, 2.45) is 0 Å². The lowest BCUT2D eigenvalue weighted by molar-refractivity contribution is 0.753. The van der Waals surface area contributed by atoms with E-state index in [0.29, 0.717) is 6.04 Å². The molecule has 2 nitrogen and oxygen atoms in total.